The Bertz CT molecular complexity index is 1850. The van der Waals surface area contributed by atoms with Gasteiger partial charge < -0.3 is 34.9 Å². The molecule has 0 aliphatic carbocycles. The minimum Gasteiger partial charge on any atom is -0.453 e. The van der Waals surface area contributed by atoms with Crippen LogP contribution >= 0.6 is 11.3 Å². The SMILES string of the molecule is COC(=O)NC(C(=O)N1CCC[C@H]1C1=Nc2ccc(CCc3ccc(-c4cnc([C@@H]5CCCN5C(=O)C(NC(=O)OC)C(C)C)[nH]4)s3)cc2C1)C(C)C. The fourth-order valence-electron chi connectivity index (χ4n) is 7.63. The highest BCUT2D eigenvalue weighted by Crippen LogP contribution is 2.36. The average Bonchev–Trinajstić information content (AvgIpc) is 3.98. The number of imidazole rings is 1. The standard InChI is InChI=1S/C39H51N7O6S/c1-22(2)33(43-38(49)51-5)36(47)45-17-7-9-30(45)28-20-25-19-24(12-15-27(25)41-28)11-13-26-14-16-32(53-26)29-21-40-35(42-29)31-10-8-18-46(31)37(48)34(23(3)4)44-39(50)52-6/h12,14-16,19,21-23,30-31,33-34H,7-11,13,17-18,20H2,1-6H3,(H,40,42)(H,43,49)(H,44,50)/t30-,31-,33?,34?/m0/s1. The van der Waals surface area contributed by atoms with Crippen molar-refractivity contribution in [3.63, 3.8) is 0 Å². The third kappa shape index (κ3) is 8.42. The Kier molecular flexibility index (Phi) is 11.9. The van der Waals surface area contributed by atoms with Crippen LogP contribution in [0.5, 0.6) is 0 Å². The molecule has 4 amide bonds. The molecule has 0 bridgehead atoms. The number of likely N-dealkylation sites (tertiary alicyclic amines) is 2. The van der Waals surface area contributed by atoms with E-state index < -0.39 is 24.3 Å². The maximum absolute atomic E-state index is 13.6. The Balaban J connectivity index is 1.05. The Labute approximate surface area is 314 Å². The Morgan fingerprint density at radius 3 is 2.11 bits per heavy atom. The quantitative estimate of drug-likeness (QED) is 0.206. The molecule has 13 nitrogen and oxygen atoms in total. The Hall–Kier alpha value is -4.72. The fourth-order valence-corrected chi connectivity index (χ4v) is 8.60. The van der Waals surface area contributed by atoms with E-state index in [0.717, 1.165) is 66.3 Å². The summed E-state index contributed by atoms with van der Waals surface area (Å²) in [4.78, 5) is 70.2. The molecule has 53 heavy (non-hydrogen) atoms. The number of carbonyl (C=O) groups excluding carboxylic acids is 4. The molecule has 3 N–H and O–H groups in total. The van der Waals surface area contributed by atoms with Crippen molar-refractivity contribution in [2.45, 2.75) is 96.8 Å². The summed E-state index contributed by atoms with van der Waals surface area (Å²) < 4.78 is 9.53. The molecule has 6 rings (SSSR count). The second-order valence-electron chi connectivity index (χ2n) is 14.8. The van der Waals surface area contributed by atoms with Gasteiger partial charge in [-0.3, -0.25) is 14.6 Å². The molecule has 0 radical (unpaired) electrons. The Morgan fingerprint density at radius 1 is 0.868 bits per heavy atom. The van der Waals surface area contributed by atoms with Crippen molar-refractivity contribution in [2.24, 2.45) is 16.8 Å². The van der Waals surface area contributed by atoms with Crippen LogP contribution in [0.1, 0.15) is 81.2 Å². The minimum absolute atomic E-state index is 0.0773. The topological polar surface area (TPSA) is 158 Å². The van der Waals surface area contributed by atoms with Gasteiger partial charge in [-0.1, -0.05) is 39.8 Å². The predicted octanol–water partition coefficient (Wildman–Crippen LogP) is 5.97. The first-order valence-corrected chi connectivity index (χ1v) is 19.4. The maximum atomic E-state index is 13.6. The summed E-state index contributed by atoms with van der Waals surface area (Å²) in [5, 5.41) is 5.43. The highest BCUT2D eigenvalue weighted by molar-refractivity contribution is 7.15. The van der Waals surface area contributed by atoms with Crippen LogP contribution in [0.25, 0.3) is 10.6 Å². The van der Waals surface area contributed by atoms with Crippen molar-refractivity contribution in [3.05, 3.63) is 58.4 Å². The van der Waals surface area contributed by atoms with E-state index in [0.29, 0.717) is 19.5 Å². The van der Waals surface area contributed by atoms with Gasteiger partial charge in [0, 0.05) is 30.1 Å². The molecule has 14 heteroatoms. The van der Waals surface area contributed by atoms with Crippen molar-refractivity contribution in [1.82, 2.24) is 30.4 Å². The van der Waals surface area contributed by atoms with Crippen molar-refractivity contribution in [1.29, 1.82) is 0 Å². The third-order valence-electron chi connectivity index (χ3n) is 10.5. The Morgan fingerprint density at radius 2 is 1.49 bits per heavy atom. The molecule has 284 valence electrons. The van der Waals surface area contributed by atoms with E-state index in [1.54, 1.807) is 11.3 Å². The van der Waals surface area contributed by atoms with E-state index in [1.807, 2.05) is 43.7 Å². The number of thiophene rings is 1. The molecule has 5 heterocycles. The number of aromatic amines is 1. The van der Waals surface area contributed by atoms with Crippen molar-refractivity contribution in [2.75, 3.05) is 27.3 Å². The van der Waals surface area contributed by atoms with E-state index in [4.69, 9.17) is 19.5 Å². The number of benzene rings is 1. The number of H-pyrrole nitrogens is 1. The predicted molar refractivity (Wildman–Crippen MR) is 203 cm³/mol. The molecule has 1 aromatic carbocycles. The second kappa shape index (κ2) is 16.5. The lowest BCUT2D eigenvalue weighted by Crippen LogP contribution is -2.53. The van der Waals surface area contributed by atoms with Crippen LogP contribution in [0.4, 0.5) is 15.3 Å². The highest BCUT2D eigenvalue weighted by Gasteiger charge is 2.39. The van der Waals surface area contributed by atoms with Crippen LogP contribution < -0.4 is 10.6 Å². The summed E-state index contributed by atoms with van der Waals surface area (Å²) in [6.07, 6.45) is 6.53. The molecule has 2 aromatic heterocycles. The normalized spacial score (nSPS) is 19.3. The number of nitrogens with zero attached hydrogens (tertiary/aromatic N) is 4. The molecule has 4 atom stereocenters. The summed E-state index contributed by atoms with van der Waals surface area (Å²) in [6.45, 7) is 8.92. The van der Waals surface area contributed by atoms with Gasteiger partial charge in [-0.25, -0.2) is 14.6 Å². The number of rotatable bonds is 12. The van der Waals surface area contributed by atoms with Gasteiger partial charge in [0.25, 0.3) is 0 Å². The summed E-state index contributed by atoms with van der Waals surface area (Å²) in [5.74, 6) is 0.368. The van der Waals surface area contributed by atoms with Gasteiger partial charge in [0.05, 0.1) is 48.8 Å². The lowest BCUT2D eigenvalue weighted by molar-refractivity contribution is -0.135. The van der Waals surface area contributed by atoms with Gasteiger partial charge in [0.1, 0.15) is 17.9 Å². The van der Waals surface area contributed by atoms with E-state index in [-0.39, 0.29) is 35.7 Å². The number of fused-ring (bicyclic) bond motifs is 1. The molecule has 0 spiro atoms. The van der Waals surface area contributed by atoms with Gasteiger partial charge >= 0.3 is 12.2 Å². The van der Waals surface area contributed by atoms with Crippen LogP contribution in [0.2, 0.25) is 0 Å². The molecule has 2 saturated heterocycles. The summed E-state index contributed by atoms with van der Waals surface area (Å²) >= 11 is 1.73. The summed E-state index contributed by atoms with van der Waals surface area (Å²) in [5.41, 5.74) is 5.32. The molecule has 3 aromatic rings. The van der Waals surface area contributed by atoms with E-state index in [2.05, 4.69) is 45.9 Å². The number of methoxy groups -OCH3 is 2. The van der Waals surface area contributed by atoms with Gasteiger partial charge in [0.15, 0.2) is 0 Å². The van der Waals surface area contributed by atoms with Crippen molar-refractivity contribution in [3.8, 4) is 10.6 Å². The summed E-state index contributed by atoms with van der Waals surface area (Å²) in [7, 11) is 2.60. The third-order valence-corrected chi connectivity index (χ3v) is 11.7. The van der Waals surface area contributed by atoms with Crippen LogP contribution in [-0.4, -0.2) is 94.9 Å². The van der Waals surface area contributed by atoms with E-state index >= 15 is 0 Å². The highest BCUT2D eigenvalue weighted by atomic mass is 32.1. The number of aryl methyl sites for hydroxylation is 2. The van der Waals surface area contributed by atoms with Crippen LogP contribution in [0, 0.1) is 11.8 Å². The summed E-state index contributed by atoms with van der Waals surface area (Å²) in [6, 6.07) is 9.18. The molecular weight excluding hydrogens is 695 g/mol. The van der Waals surface area contributed by atoms with Crippen LogP contribution in [-0.2, 0) is 38.3 Å². The van der Waals surface area contributed by atoms with Gasteiger partial charge in [-0.15, -0.1) is 11.3 Å². The number of aliphatic imine (C=N–C) groups is 1. The van der Waals surface area contributed by atoms with E-state index in [1.165, 1.54) is 30.2 Å². The number of amides is 4. The van der Waals surface area contributed by atoms with Crippen LogP contribution in [0.15, 0.2) is 41.5 Å². The maximum Gasteiger partial charge on any atom is 0.407 e. The molecule has 3 aliphatic rings. The van der Waals surface area contributed by atoms with Gasteiger partial charge in [-0.2, -0.15) is 0 Å². The fraction of sp³-hybridized carbons (Fsp3) is 0.538. The van der Waals surface area contributed by atoms with Crippen molar-refractivity contribution < 1.29 is 28.7 Å². The number of aromatic nitrogens is 2. The zero-order chi connectivity index (χ0) is 37.8. The monoisotopic (exact) mass is 745 g/mol. The first-order valence-electron chi connectivity index (χ1n) is 18.6. The number of nitrogens with one attached hydrogen (secondary N) is 3. The number of ether oxygens (including phenoxy) is 2. The smallest absolute Gasteiger partial charge is 0.407 e. The first-order chi connectivity index (χ1) is 25.5. The van der Waals surface area contributed by atoms with E-state index in [9.17, 15) is 19.2 Å². The molecule has 2 unspecified atom stereocenters. The van der Waals surface area contributed by atoms with Gasteiger partial charge in [0.2, 0.25) is 11.8 Å². The lowest BCUT2D eigenvalue weighted by Gasteiger charge is -2.30. The lowest BCUT2D eigenvalue weighted by atomic mass is 9.98. The zero-order valence-corrected chi connectivity index (χ0v) is 32.3. The number of alkyl carbamates (subject to hydrolysis) is 2. The van der Waals surface area contributed by atoms with Crippen LogP contribution in [0.3, 0.4) is 0 Å². The molecular formula is C39H51N7O6S. The number of hydrogen-bond donors (Lipinski definition) is 3. The average molecular weight is 746 g/mol. The number of hydrogen-bond acceptors (Lipinski definition) is 9. The minimum atomic E-state index is -0.674. The second-order valence-corrected chi connectivity index (χ2v) is 16.0. The first kappa shape index (κ1) is 38.0. The molecule has 0 saturated carbocycles. The molecule has 3 aliphatic heterocycles. The zero-order valence-electron chi connectivity index (χ0n) is 31.4. The largest absolute Gasteiger partial charge is 0.453 e. The van der Waals surface area contributed by atoms with Crippen molar-refractivity contribution >= 4 is 46.7 Å². The molecule has 2 fully saturated rings. The van der Waals surface area contributed by atoms with Gasteiger partial charge in [-0.05, 0) is 79.7 Å². The number of carbonyl (C=O) groups is 4.